The summed E-state index contributed by atoms with van der Waals surface area (Å²) in [7, 11) is 3.98. The lowest BCUT2D eigenvalue weighted by Gasteiger charge is -2.15. The van der Waals surface area contributed by atoms with Gasteiger partial charge in [0, 0.05) is 25.9 Å². The van der Waals surface area contributed by atoms with Crippen molar-refractivity contribution < 1.29 is 0 Å². The Labute approximate surface area is 110 Å². The summed E-state index contributed by atoms with van der Waals surface area (Å²) in [4.78, 5) is 6.13. The van der Waals surface area contributed by atoms with Gasteiger partial charge in [0.2, 0.25) is 0 Å². The molecule has 0 bridgehead atoms. The fraction of sp³-hybridized carbons (Fsp3) is 0.312. The Hall–Kier alpha value is -1.83. The Morgan fingerprint density at radius 3 is 2.44 bits per heavy atom. The van der Waals surface area contributed by atoms with Crippen LogP contribution < -0.4 is 0 Å². The average molecular weight is 242 g/mol. The Balaban J connectivity index is 3.35. The van der Waals surface area contributed by atoms with E-state index in [0.29, 0.717) is 0 Å². The second-order valence-corrected chi connectivity index (χ2v) is 4.59. The summed E-state index contributed by atoms with van der Waals surface area (Å²) in [6, 6.07) is 6.34. The molecule has 18 heavy (non-hydrogen) atoms. The van der Waals surface area contributed by atoms with Crippen molar-refractivity contribution in [2.45, 2.75) is 20.8 Å². The van der Waals surface area contributed by atoms with Crippen LogP contribution in [0, 0.1) is 13.8 Å². The van der Waals surface area contributed by atoms with E-state index >= 15 is 0 Å². The van der Waals surface area contributed by atoms with Gasteiger partial charge in [-0.05, 0) is 44.2 Å². The van der Waals surface area contributed by atoms with Crippen molar-refractivity contribution in [1.82, 2.24) is 4.90 Å². The third kappa shape index (κ3) is 3.10. The van der Waals surface area contributed by atoms with E-state index in [2.05, 4.69) is 49.8 Å². The fourth-order valence-corrected chi connectivity index (χ4v) is 1.92. The molecule has 1 aromatic carbocycles. The van der Waals surface area contributed by atoms with Crippen LogP contribution in [0.1, 0.15) is 23.6 Å². The molecule has 0 radical (unpaired) electrons. The van der Waals surface area contributed by atoms with Crippen molar-refractivity contribution in [3.63, 3.8) is 0 Å². The maximum absolute atomic E-state index is 4.15. The van der Waals surface area contributed by atoms with Gasteiger partial charge in [0.15, 0.2) is 0 Å². The van der Waals surface area contributed by atoms with Crippen molar-refractivity contribution >= 4 is 12.3 Å². The number of hydrogen-bond donors (Lipinski definition) is 0. The number of aryl methyl sites for hydroxylation is 1. The highest BCUT2D eigenvalue weighted by molar-refractivity contribution is 5.81. The van der Waals surface area contributed by atoms with Crippen molar-refractivity contribution in [3.8, 4) is 0 Å². The monoisotopic (exact) mass is 242 g/mol. The molecule has 1 aromatic rings. The topological polar surface area (TPSA) is 15.6 Å². The number of hydrogen-bond acceptors (Lipinski definition) is 2. The molecule has 0 amide bonds. The van der Waals surface area contributed by atoms with Gasteiger partial charge >= 0.3 is 0 Å². The summed E-state index contributed by atoms with van der Waals surface area (Å²) < 4.78 is 0. The highest BCUT2D eigenvalue weighted by Gasteiger charge is 2.10. The molecular formula is C16H22N2. The summed E-state index contributed by atoms with van der Waals surface area (Å²) in [6.45, 7) is 9.98. The zero-order valence-electron chi connectivity index (χ0n) is 12.0. The summed E-state index contributed by atoms with van der Waals surface area (Å²) in [5, 5.41) is 0. The molecule has 0 N–H and O–H groups in total. The number of rotatable bonds is 4. The van der Waals surface area contributed by atoms with Crippen LogP contribution in [0.5, 0.6) is 0 Å². The van der Waals surface area contributed by atoms with Gasteiger partial charge in [-0.1, -0.05) is 24.3 Å². The maximum atomic E-state index is 4.15. The lowest BCUT2D eigenvalue weighted by molar-refractivity contribution is 0.560. The SMILES string of the molecule is C=NC(=C\N(C)C)/C(=C\C)c1cccc(C)c1C. The molecule has 0 aliphatic heterocycles. The molecule has 2 nitrogen and oxygen atoms in total. The minimum atomic E-state index is 0.899. The maximum Gasteiger partial charge on any atom is 0.0855 e. The molecule has 0 heterocycles. The van der Waals surface area contributed by atoms with E-state index in [1.54, 1.807) is 0 Å². The Morgan fingerprint density at radius 2 is 1.94 bits per heavy atom. The van der Waals surface area contributed by atoms with E-state index in [-0.39, 0.29) is 0 Å². The van der Waals surface area contributed by atoms with Gasteiger partial charge in [-0.15, -0.1) is 0 Å². The predicted octanol–water partition coefficient (Wildman–Crippen LogP) is 3.81. The molecule has 0 aliphatic carbocycles. The minimum Gasteiger partial charge on any atom is -0.382 e. The zero-order valence-corrected chi connectivity index (χ0v) is 12.0. The summed E-state index contributed by atoms with van der Waals surface area (Å²) in [6.07, 6.45) is 4.08. The molecule has 1 rings (SSSR count). The lowest BCUT2D eigenvalue weighted by Crippen LogP contribution is -2.04. The van der Waals surface area contributed by atoms with Crippen molar-refractivity contribution in [1.29, 1.82) is 0 Å². The third-order valence-corrected chi connectivity index (χ3v) is 3.01. The van der Waals surface area contributed by atoms with Gasteiger partial charge < -0.3 is 4.90 Å². The highest BCUT2D eigenvalue weighted by Crippen LogP contribution is 2.28. The quantitative estimate of drug-likeness (QED) is 0.579. The van der Waals surface area contributed by atoms with Gasteiger partial charge in [-0.25, -0.2) is 0 Å². The first-order valence-electron chi connectivity index (χ1n) is 6.09. The van der Waals surface area contributed by atoms with E-state index in [4.69, 9.17) is 0 Å². The second-order valence-electron chi connectivity index (χ2n) is 4.59. The first-order valence-corrected chi connectivity index (χ1v) is 6.09. The van der Waals surface area contributed by atoms with Crippen LogP contribution in [0.25, 0.3) is 5.57 Å². The first-order chi connectivity index (χ1) is 8.51. The van der Waals surface area contributed by atoms with Crippen LogP contribution in [-0.4, -0.2) is 25.7 Å². The average Bonchev–Trinajstić information content (AvgIpc) is 2.33. The third-order valence-electron chi connectivity index (χ3n) is 3.01. The molecule has 0 saturated carbocycles. The fourth-order valence-electron chi connectivity index (χ4n) is 1.92. The lowest BCUT2D eigenvalue weighted by atomic mass is 9.95. The minimum absolute atomic E-state index is 0.899. The molecule has 0 saturated heterocycles. The molecule has 0 aliphatic rings. The molecule has 0 atom stereocenters. The van der Waals surface area contributed by atoms with Gasteiger partial charge in [0.05, 0.1) is 5.70 Å². The Bertz CT molecular complexity index is 494. The number of nitrogens with zero attached hydrogens (tertiary/aromatic N) is 2. The molecule has 0 aromatic heterocycles. The van der Waals surface area contributed by atoms with E-state index in [0.717, 1.165) is 11.3 Å². The van der Waals surface area contributed by atoms with Gasteiger partial charge in [0.1, 0.15) is 0 Å². The van der Waals surface area contributed by atoms with Crippen LogP contribution in [0.2, 0.25) is 0 Å². The summed E-state index contributed by atoms with van der Waals surface area (Å²) in [5.74, 6) is 0. The Kier molecular flexibility index (Phi) is 4.90. The van der Waals surface area contributed by atoms with Crippen LogP contribution in [-0.2, 0) is 0 Å². The van der Waals surface area contributed by atoms with Crippen molar-refractivity contribution in [3.05, 3.63) is 52.9 Å². The molecule has 0 spiro atoms. The molecular weight excluding hydrogens is 220 g/mol. The van der Waals surface area contributed by atoms with E-state index < -0.39 is 0 Å². The summed E-state index contributed by atoms with van der Waals surface area (Å²) in [5.41, 5.74) is 5.83. The van der Waals surface area contributed by atoms with E-state index in [9.17, 15) is 0 Å². The number of aliphatic imine (C=N–C) groups is 1. The molecule has 0 unspecified atom stereocenters. The smallest absolute Gasteiger partial charge is 0.0855 e. The predicted molar refractivity (Wildman–Crippen MR) is 80.9 cm³/mol. The summed E-state index contributed by atoms with van der Waals surface area (Å²) >= 11 is 0. The number of benzene rings is 1. The largest absolute Gasteiger partial charge is 0.382 e. The molecule has 96 valence electrons. The van der Waals surface area contributed by atoms with Crippen molar-refractivity contribution in [2.75, 3.05) is 14.1 Å². The Morgan fingerprint density at radius 1 is 1.28 bits per heavy atom. The highest BCUT2D eigenvalue weighted by atomic mass is 15.0. The normalized spacial score (nSPS) is 12.5. The number of allylic oxidation sites excluding steroid dienone is 2. The first kappa shape index (κ1) is 14.2. The standard InChI is InChI=1S/C16H22N2/c1-7-14(16(17-4)11-18(5)6)15-10-8-9-12(2)13(15)3/h7-11H,4H2,1-3,5-6H3/b14-7-,16-11-. The molecule has 2 heteroatoms. The zero-order chi connectivity index (χ0) is 13.7. The van der Waals surface area contributed by atoms with E-state index in [1.165, 1.54) is 16.7 Å². The molecule has 0 fully saturated rings. The van der Waals surface area contributed by atoms with Crippen LogP contribution >= 0.6 is 0 Å². The van der Waals surface area contributed by atoms with E-state index in [1.807, 2.05) is 32.1 Å². The van der Waals surface area contributed by atoms with Crippen LogP contribution in [0.4, 0.5) is 0 Å². The van der Waals surface area contributed by atoms with Gasteiger partial charge in [-0.3, -0.25) is 4.99 Å². The van der Waals surface area contributed by atoms with Gasteiger partial charge in [-0.2, -0.15) is 0 Å². The van der Waals surface area contributed by atoms with Crippen LogP contribution in [0.3, 0.4) is 0 Å². The van der Waals surface area contributed by atoms with Crippen LogP contribution in [0.15, 0.2) is 41.2 Å². The van der Waals surface area contributed by atoms with Gasteiger partial charge in [0.25, 0.3) is 0 Å². The second kappa shape index (κ2) is 6.20. The van der Waals surface area contributed by atoms with Crippen molar-refractivity contribution in [2.24, 2.45) is 4.99 Å².